The van der Waals surface area contributed by atoms with E-state index in [4.69, 9.17) is 10.5 Å². The Kier molecular flexibility index (Phi) is 3.86. The van der Waals surface area contributed by atoms with Crippen molar-refractivity contribution in [3.63, 3.8) is 0 Å². The lowest BCUT2D eigenvalue weighted by atomic mass is 10.2. The molecule has 0 aliphatic heterocycles. The quantitative estimate of drug-likeness (QED) is 0.681. The Bertz CT molecular complexity index is 513. The molecule has 0 saturated heterocycles. The van der Waals surface area contributed by atoms with Gasteiger partial charge < -0.3 is 10.5 Å². The zero-order valence-electron chi connectivity index (χ0n) is 9.64. The molecule has 0 unspecified atom stereocenters. The third-order valence-corrected chi connectivity index (χ3v) is 4.21. The molecule has 1 aromatic carbocycles. The van der Waals surface area contributed by atoms with Gasteiger partial charge >= 0.3 is 0 Å². The van der Waals surface area contributed by atoms with E-state index in [0.29, 0.717) is 11.4 Å². The van der Waals surface area contributed by atoms with E-state index in [1.165, 1.54) is 0 Å². The van der Waals surface area contributed by atoms with Crippen LogP contribution in [0.2, 0.25) is 0 Å². The summed E-state index contributed by atoms with van der Waals surface area (Å²) in [5, 5.41) is 9.03. The number of nitrogens with two attached hydrogens (primary N) is 1. The molecule has 0 amide bonds. The maximum atomic E-state index is 5.85. The highest BCUT2D eigenvalue weighted by molar-refractivity contribution is 8.00. The molecule has 0 saturated carbocycles. The van der Waals surface area contributed by atoms with Gasteiger partial charge in [0.15, 0.2) is 4.34 Å². The number of ether oxygens (including phenoxy) is 1. The molecule has 2 rings (SSSR count). The van der Waals surface area contributed by atoms with Crippen LogP contribution < -0.4 is 10.5 Å². The van der Waals surface area contributed by atoms with Crippen LogP contribution in [-0.4, -0.2) is 17.3 Å². The van der Waals surface area contributed by atoms with Crippen LogP contribution >= 0.6 is 23.1 Å². The molecule has 6 heteroatoms. The highest BCUT2D eigenvalue weighted by Crippen LogP contribution is 2.28. The van der Waals surface area contributed by atoms with Crippen LogP contribution in [0.25, 0.3) is 0 Å². The van der Waals surface area contributed by atoms with Crippen molar-refractivity contribution < 1.29 is 4.74 Å². The molecule has 1 heterocycles. The molecule has 17 heavy (non-hydrogen) atoms. The number of aromatic nitrogens is 2. The van der Waals surface area contributed by atoms with Crippen molar-refractivity contribution in [3.8, 4) is 5.75 Å². The topological polar surface area (TPSA) is 61.0 Å². The fourth-order valence-corrected chi connectivity index (χ4v) is 3.11. The number of thioether (sulfide) groups is 1. The maximum absolute atomic E-state index is 5.85. The van der Waals surface area contributed by atoms with Crippen molar-refractivity contribution in [3.05, 3.63) is 28.8 Å². The number of nitrogen functional groups attached to an aromatic ring is 1. The fraction of sp³-hybridized carbons (Fsp3) is 0.273. The number of anilines is 1. The van der Waals surface area contributed by atoms with Gasteiger partial charge in [0.25, 0.3) is 0 Å². The molecule has 0 radical (unpaired) electrons. The summed E-state index contributed by atoms with van der Waals surface area (Å²) in [4.78, 5) is 0. The zero-order valence-corrected chi connectivity index (χ0v) is 11.3. The largest absolute Gasteiger partial charge is 0.495 e. The number of methoxy groups -OCH3 is 1. The average Bonchev–Trinajstić information content (AvgIpc) is 2.73. The summed E-state index contributed by atoms with van der Waals surface area (Å²) in [5.74, 6) is 1.55. The van der Waals surface area contributed by atoms with Gasteiger partial charge in [-0.1, -0.05) is 29.2 Å². The van der Waals surface area contributed by atoms with Gasteiger partial charge in [0.05, 0.1) is 12.8 Å². The molecule has 0 spiro atoms. The van der Waals surface area contributed by atoms with Crippen LogP contribution in [0.4, 0.5) is 5.69 Å². The second-order valence-electron chi connectivity index (χ2n) is 3.45. The first-order chi connectivity index (χ1) is 8.19. The molecule has 0 aliphatic rings. The highest BCUT2D eigenvalue weighted by atomic mass is 32.2. The summed E-state index contributed by atoms with van der Waals surface area (Å²) < 4.78 is 6.10. The van der Waals surface area contributed by atoms with Gasteiger partial charge in [0, 0.05) is 5.75 Å². The van der Waals surface area contributed by atoms with E-state index in [1.54, 1.807) is 30.2 Å². The van der Waals surface area contributed by atoms with E-state index in [9.17, 15) is 0 Å². The molecule has 1 aromatic heterocycles. The lowest BCUT2D eigenvalue weighted by Crippen LogP contribution is -1.93. The summed E-state index contributed by atoms with van der Waals surface area (Å²) in [7, 11) is 1.62. The second kappa shape index (κ2) is 5.37. The molecule has 90 valence electrons. The van der Waals surface area contributed by atoms with Crippen LogP contribution in [0.3, 0.4) is 0 Å². The molecule has 0 aliphatic carbocycles. The summed E-state index contributed by atoms with van der Waals surface area (Å²) in [6.07, 6.45) is 0. The Balaban J connectivity index is 2.02. The summed E-state index contributed by atoms with van der Waals surface area (Å²) in [5.41, 5.74) is 7.66. The van der Waals surface area contributed by atoms with E-state index >= 15 is 0 Å². The Hall–Kier alpha value is -1.27. The lowest BCUT2D eigenvalue weighted by molar-refractivity contribution is 0.417. The number of rotatable bonds is 4. The third kappa shape index (κ3) is 3.10. The van der Waals surface area contributed by atoms with Crippen LogP contribution in [0, 0.1) is 6.92 Å². The molecule has 0 fully saturated rings. The monoisotopic (exact) mass is 267 g/mol. The van der Waals surface area contributed by atoms with Gasteiger partial charge in [-0.15, -0.1) is 10.2 Å². The van der Waals surface area contributed by atoms with E-state index in [2.05, 4.69) is 10.2 Å². The maximum Gasteiger partial charge on any atom is 0.174 e. The Morgan fingerprint density at radius 3 is 2.82 bits per heavy atom. The molecule has 2 N–H and O–H groups in total. The van der Waals surface area contributed by atoms with Crippen molar-refractivity contribution in [2.45, 2.75) is 17.0 Å². The van der Waals surface area contributed by atoms with Gasteiger partial charge in [-0.05, 0) is 24.6 Å². The van der Waals surface area contributed by atoms with Gasteiger partial charge in [-0.3, -0.25) is 0 Å². The SMILES string of the molecule is COc1ccc(CSc2nnc(C)s2)cc1N. The van der Waals surface area contributed by atoms with Gasteiger partial charge in [0.1, 0.15) is 10.8 Å². The van der Waals surface area contributed by atoms with Crippen LogP contribution in [0.15, 0.2) is 22.5 Å². The van der Waals surface area contributed by atoms with Crippen LogP contribution in [-0.2, 0) is 5.75 Å². The molecule has 0 atom stereocenters. The summed E-state index contributed by atoms with van der Waals surface area (Å²) >= 11 is 3.27. The standard InChI is InChI=1S/C11H13N3OS2/c1-7-13-14-11(17-7)16-6-8-3-4-10(15-2)9(12)5-8/h3-5H,6,12H2,1-2H3. The lowest BCUT2D eigenvalue weighted by Gasteiger charge is -2.06. The van der Waals surface area contributed by atoms with E-state index < -0.39 is 0 Å². The number of hydrogen-bond acceptors (Lipinski definition) is 6. The number of hydrogen-bond donors (Lipinski definition) is 1. The molecular formula is C11H13N3OS2. The first-order valence-corrected chi connectivity index (χ1v) is 6.84. The minimum Gasteiger partial charge on any atom is -0.495 e. The van der Waals surface area contributed by atoms with Crippen molar-refractivity contribution in [1.82, 2.24) is 10.2 Å². The first kappa shape index (κ1) is 12.2. The average molecular weight is 267 g/mol. The number of aryl methyl sites for hydroxylation is 1. The minimum atomic E-state index is 0.666. The smallest absolute Gasteiger partial charge is 0.174 e. The van der Waals surface area contributed by atoms with Gasteiger partial charge in [-0.2, -0.15) is 0 Å². The van der Waals surface area contributed by atoms with Crippen molar-refractivity contribution >= 4 is 28.8 Å². The first-order valence-electron chi connectivity index (χ1n) is 5.04. The van der Waals surface area contributed by atoms with Crippen molar-refractivity contribution in [2.24, 2.45) is 0 Å². The van der Waals surface area contributed by atoms with E-state index in [1.807, 2.05) is 25.1 Å². The minimum absolute atomic E-state index is 0.666. The number of nitrogens with zero attached hydrogens (tertiary/aromatic N) is 2. The van der Waals surface area contributed by atoms with Crippen molar-refractivity contribution in [2.75, 3.05) is 12.8 Å². The predicted octanol–water partition coefficient (Wildman–Crippen LogP) is 2.73. The fourth-order valence-electron chi connectivity index (χ4n) is 1.36. The van der Waals surface area contributed by atoms with Gasteiger partial charge in [-0.25, -0.2) is 0 Å². The Morgan fingerprint density at radius 1 is 1.41 bits per heavy atom. The van der Waals surface area contributed by atoms with Crippen LogP contribution in [0.5, 0.6) is 5.75 Å². The Morgan fingerprint density at radius 2 is 2.24 bits per heavy atom. The molecule has 0 bridgehead atoms. The predicted molar refractivity (Wildman–Crippen MR) is 71.6 cm³/mol. The second-order valence-corrected chi connectivity index (χ2v) is 5.86. The van der Waals surface area contributed by atoms with Gasteiger partial charge in [0.2, 0.25) is 0 Å². The van der Waals surface area contributed by atoms with Crippen LogP contribution in [0.1, 0.15) is 10.6 Å². The number of benzene rings is 1. The highest BCUT2D eigenvalue weighted by Gasteiger charge is 2.04. The normalized spacial score (nSPS) is 10.5. The van der Waals surface area contributed by atoms with Crippen molar-refractivity contribution in [1.29, 1.82) is 0 Å². The Labute approximate surface area is 108 Å². The summed E-state index contributed by atoms with van der Waals surface area (Å²) in [6.45, 7) is 1.95. The molecule has 4 nitrogen and oxygen atoms in total. The summed E-state index contributed by atoms with van der Waals surface area (Å²) in [6, 6.07) is 5.83. The van der Waals surface area contributed by atoms with E-state index in [-0.39, 0.29) is 0 Å². The third-order valence-electron chi connectivity index (χ3n) is 2.16. The molecular weight excluding hydrogens is 254 g/mol. The van der Waals surface area contributed by atoms with E-state index in [0.717, 1.165) is 20.7 Å². The zero-order chi connectivity index (χ0) is 12.3. The molecule has 2 aromatic rings.